The largest absolute Gasteiger partial charge is 0.387 e. The molecule has 3 rings (SSSR count). The Morgan fingerprint density at radius 2 is 1.62 bits per heavy atom. The van der Waals surface area contributed by atoms with Gasteiger partial charge in [-0.2, -0.15) is 0 Å². The Morgan fingerprint density at radius 1 is 0.933 bits per heavy atom. The van der Waals surface area contributed by atoms with Crippen LogP contribution >= 0.6 is 11.2 Å². The van der Waals surface area contributed by atoms with Crippen molar-refractivity contribution in [3.63, 3.8) is 0 Å². The molecule has 5 N–H and O–H groups in total. The molecule has 1 unspecified atom stereocenters. The molecule has 1 aliphatic rings. The summed E-state index contributed by atoms with van der Waals surface area (Å²) < 4.78 is 5.93. The second kappa shape index (κ2) is 17.3. The number of aliphatic hydroxyl groups excluding tert-OH is 3. The van der Waals surface area contributed by atoms with Crippen LogP contribution in [-0.4, -0.2) is 114 Å². The van der Waals surface area contributed by atoms with Crippen molar-refractivity contribution >= 4 is 29.0 Å². The zero-order chi connectivity index (χ0) is 33.1. The van der Waals surface area contributed by atoms with Gasteiger partial charge in [-0.05, 0) is 54.0 Å². The maximum Gasteiger partial charge on any atom is 0.319 e. The fraction of sp³-hybridized carbons (Fsp3) is 0.515. The van der Waals surface area contributed by atoms with Crippen molar-refractivity contribution in [2.24, 2.45) is 0 Å². The van der Waals surface area contributed by atoms with Gasteiger partial charge in [-0.3, -0.25) is 9.59 Å². The van der Waals surface area contributed by atoms with Crippen molar-refractivity contribution in [2.45, 2.75) is 63.1 Å². The Labute approximate surface area is 269 Å². The van der Waals surface area contributed by atoms with E-state index in [0.29, 0.717) is 32.4 Å². The van der Waals surface area contributed by atoms with E-state index in [-0.39, 0.29) is 24.4 Å². The van der Waals surface area contributed by atoms with E-state index >= 15 is 0 Å². The van der Waals surface area contributed by atoms with Crippen LogP contribution in [-0.2, 0) is 27.2 Å². The molecule has 1 heterocycles. The number of hydrogen-bond donors (Lipinski definition) is 5. The summed E-state index contributed by atoms with van der Waals surface area (Å²) in [5.74, 6) is -0.497. The summed E-state index contributed by atoms with van der Waals surface area (Å²) in [6.45, 7) is 2.58. The molecule has 0 aromatic heterocycles. The lowest BCUT2D eigenvalue weighted by Crippen LogP contribution is -2.53. The highest BCUT2D eigenvalue weighted by atomic mass is 32.1. The number of carbonyl (C=O) groups is 3. The summed E-state index contributed by atoms with van der Waals surface area (Å²) in [5, 5.41) is 39.5. The minimum Gasteiger partial charge on any atom is -0.387 e. The molecule has 246 valence electrons. The van der Waals surface area contributed by atoms with E-state index in [1.807, 2.05) is 37.3 Å². The first kappa shape index (κ1) is 36.0. The van der Waals surface area contributed by atoms with Gasteiger partial charge in [0.25, 0.3) is 0 Å². The number of urea groups is 1. The highest BCUT2D eigenvalue weighted by Crippen LogP contribution is 2.33. The van der Waals surface area contributed by atoms with Crippen LogP contribution in [0.5, 0.6) is 0 Å². The van der Waals surface area contributed by atoms with E-state index in [2.05, 4.69) is 28.0 Å². The van der Waals surface area contributed by atoms with E-state index in [1.165, 1.54) is 21.0 Å². The van der Waals surface area contributed by atoms with E-state index in [1.54, 1.807) is 27.4 Å². The highest BCUT2D eigenvalue weighted by molar-refractivity contribution is 7.87. The zero-order valence-electron chi connectivity index (χ0n) is 26.7. The number of benzene rings is 2. The average molecular weight is 643 g/mol. The van der Waals surface area contributed by atoms with Crippen molar-refractivity contribution in [1.29, 1.82) is 0 Å². The van der Waals surface area contributed by atoms with Gasteiger partial charge in [0, 0.05) is 46.9 Å². The number of nitrogens with zero attached hydrogens (tertiary/aromatic N) is 2. The molecular weight excluding hydrogens is 596 g/mol. The van der Waals surface area contributed by atoms with Crippen LogP contribution in [0.2, 0.25) is 0 Å². The molecule has 2 aromatic carbocycles. The summed E-state index contributed by atoms with van der Waals surface area (Å²) in [6.07, 6.45) is -1.38. The maximum absolute atomic E-state index is 12.2. The fourth-order valence-corrected chi connectivity index (χ4v) is 5.48. The highest BCUT2D eigenvalue weighted by Gasteiger charge is 2.43. The second-order valence-corrected chi connectivity index (χ2v) is 12.2. The summed E-state index contributed by atoms with van der Waals surface area (Å²) in [5.41, 5.74) is 5.06. The van der Waals surface area contributed by atoms with Gasteiger partial charge in [0.05, 0.1) is 6.54 Å². The number of carbonyl (C=O) groups excluding carboxylic acids is 3. The summed E-state index contributed by atoms with van der Waals surface area (Å²) in [4.78, 5) is 39.0. The molecule has 45 heavy (non-hydrogen) atoms. The van der Waals surface area contributed by atoms with Gasteiger partial charge in [-0.25, -0.2) is 4.79 Å². The molecule has 4 amide bonds. The number of amides is 4. The lowest BCUT2D eigenvalue weighted by atomic mass is 9.89. The number of nitrogens with one attached hydrogen (secondary N) is 2. The van der Waals surface area contributed by atoms with E-state index < -0.39 is 30.5 Å². The Hall–Kier alpha value is -3.51. The molecular formula is C33H46N4O7S. The van der Waals surface area contributed by atoms with Gasteiger partial charge in [-0.15, -0.1) is 11.2 Å². The van der Waals surface area contributed by atoms with Gasteiger partial charge in [0.15, 0.2) is 0 Å². The van der Waals surface area contributed by atoms with Crippen molar-refractivity contribution in [1.82, 2.24) is 20.4 Å². The van der Waals surface area contributed by atoms with E-state index in [9.17, 15) is 29.7 Å². The van der Waals surface area contributed by atoms with Crippen molar-refractivity contribution < 1.29 is 34.4 Å². The number of rotatable bonds is 12. The first-order chi connectivity index (χ1) is 21.4. The van der Waals surface area contributed by atoms with E-state index in [0.717, 1.165) is 34.2 Å². The summed E-state index contributed by atoms with van der Waals surface area (Å²) in [6, 6.07) is 13.9. The molecule has 0 saturated carbocycles. The molecule has 2 aromatic rings. The smallest absolute Gasteiger partial charge is 0.319 e. The number of hydrogen-bond acceptors (Lipinski definition) is 7. The second-order valence-electron chi connectivity index (χ2n) is 11.5. The quantitative estimate of drug-likeness (QED) is 0.236. The molecule has 0 bridgehead atoms. The van der Waals surface area contributed by atoms with Crippen LogP contribution in [0.25, 0.3) is 0 Å². The minimum absolute atomic E-state index is 0.108. The number of ether oxygens (including phenoxy) is 1. The standard InChI is InChI=1S/C33H46N4O7S/c1-21-9-14-24(32-31(42)30(41)29(40)26(44-32)20-45-5)18-25(21)17-23-12-10-22(11-13-23)7-6-8-27(38)35-19-28(39)34-15-16-37(4)33(43)36(2)3/h9-14,18,26,29-32,40-42H,6-8,15-17,19H2,1-5H3,(H,34,39)(H,35,38)/t26?,29-,30+,31-,32+/m1/s1. The van der Waals surface area contributed by atoms with Crippen LogP contribution in [0, 0.1) is 12.1 Å². The molecule has 5 atom stereocenters. The number of likely N-dealkylation sites (N-methyl/N-ethyl adjacent to an activating group) is 1. The van der Waals surface area contributed by atoms with Crippen LogP contribution in [0.3, 0.4) is 0 Å². The Bertz CT molecular complexity index is 1380. The number of aryl methyl sites for hydroxylation is 2. The van der Waals surface area contributed by atoms with Crippen molar-refractivity contribution in [2.75, 3.05) is 47.0 Å². The topological polar surface area (TPSA) is 152 Å². The van der Waals surface area contributed by atoms with Crippen LogP contribution in [0.15, 0.2) is 42.5 Å². The molecule has 12 heteroatoms. The first-order valence-electron chi connectivity index (χ1n) is 15.0. The van der Waals surface area contributed by atoms with Crippen LogP contribution in [0.1, 0.15) is 46.8 Å². The molecule has 1 saturated heterocycles. The molecule has 0 radical (unpaired) electrons. The lowest BCUT2D eigenvalue weighted by molar-refractivity contribution is -0.209. The van der Waals surface area contributed by atoms with Gasteiger partial charge in [-0.1, -0.05) is 47.6 Å². The summed E-state index contributed by atoms with van der Waals surface area (Å²) in [7, 11) is 4.98. The predicted molar refractivity (Wildman–Crippen MR) is 174 cm³/mol. The monoisotopic (exact) mass is 642 g/mol. The third kappa shape index (κ3) is 10.5. The average Bonchev–Trinajstić information content (AvgIpc) is 3.01. The maximum atomic E-state index is 12.2. The molecule has 1 aliphatic heterocycles. The molecule has 0 spiro atoms. The fourth-order valence-electron chi connectivity index (χ4n) is 5.05. The van der Waals surface area contributed by atoms with Gasteiger partial charge < -0.3 is 40.5 Å². The van der Waals surface area contributed by atoms with Crippen LogP contribution < -0.4 is 10.6 Å². The zero-order valence-corrected chi connectivity index (χ0v) is 27.5. The molecule has 11 nitrogen and oxygen atoms in total. The Balaban J connectivity index is 1.45. The molecule has 0 aliphatic carbocycles. The lowest BCUT2D eigenvalue weighted by Gasteiger charge is -2.39. The van der Waals surface area contributed by atoms with Crippen LogP contribution in [0.4, 0.5) is 4.79 Å². The Kier molecular flexibility index (Phi) is 13.8. The number of aliphatic hydroxyl groups is 3. The summed E-state index contributed by atoms with van der Waals surface area (Å²) >= 11 is 1.26. The van der Waals surface area contributed by atoms with Gasteiger partial charge in [0.1, 0.15) is 30.5 Å². The Morgan fingerprint density at radius 3 is 2.29 bits per heavy atom. The first-order valence-corrected chi connectivity index (χ1v) is 16.2. The SMILES string of the molecule is CS#CC1O[C@@H](c2ccc(C)c(Cc3ccc(CCCC(=O)NCC(=O)NCCN(C)C(=O)N(C)C)cc3)c2)[C@H](O)[C@@H](O)[C@@H]1O. The van der Waals surface area contributed by atoms with E-state index in [4.69, 9.17) is 4.74 Å². The predicted octanol–water partition coefficient (Wildman–Crippen LogP) is 1.60. The normalized spacial score (nSPS) is 20.9. The minimum atomic E-state index is -1.35. The van der Waals surface area contributed by atoms with Gasteiger partial charge in [0.2, 0.25) is 11.8 Å². The van der Waals surface area contributed by atoms with Crippen molar-refractivity contribution in [3.8, 4) is 5.18 Å². The van der Waals surface area contributed by atoms with Crippen molar-refractivity contribution in [3.05, 3.63) is 70.3 Å². The third-order valence-corrected chi connectivity index (χ3v) is 8.23. The molecule has 1 fully saturated rings. The third-order valence-electron chi connectivity index (χ3n) is 7.76. The van der Waals surface area contributed by atoms with Gasteiger partial charge >= 0.3 is 6.03 Å².